The summed E-state index contributed by atoms with van der Waals surface area (Å²) < 4.78 is 7.70. The molecule has 0 unspecified atom stereocenters. The quantitative estimate of drug-likeness (QED) is 0.365. The second-order valence-corrected chi connectivity index (χ2v) is 11.4. The van der Waals surface area contributed by atoms with Gasteiger partial charge in [0, 0.05) is 24.5 Å². The van der Waals surface area contributed by atoms with Gasteiger partial charge in [-0.3, -0.25) is 14.2 Å². The SMILES string of the molecule is COc1cccc([C@H]2C(C(=O)Nc3ccccc3)=C(C)N=c3s/c(=C/c4ccc(N5CCCC5)c(C)c4)c(=O)n32)c1. The molecule has 1 saturated heterocycles. The van der Waals surface area contributed by atoms with Crippen molar-refractivity contribution < 1.29 is 9.53 Å². The van der Waals surface area contributed by atoms with Crippen molar-refractivity contribution in [2.24, 2.45) is 4.99 Å². The van der Waals surface area contributed by atoms with E-state index in [9.17, 15) is 9.59 Å². The molecule has 2 aliphatic heterocycles. The molecular formula is C33H32N4O3S. The first-order valence-corrected chi connectivity index (χ1v) is 14.6. The van der Waals surface area contributed by atoms with Gasteiger partial charge in [-0.2, -0.15) is 0 Å². The molecule has 41 heavy (non-hydrogen) atoms. The summed E-state index contributed by atoms with van der Waals surface area (Å²) in [6.45, 7) is 6.12. The van der Waals surface area contributed by atoms with Crippen LogP contribution in [0.15, 0.2) is 93.9 Å². The number of hydrogen-bond acceptors (Lipinski definition) is 6. The van der Waals surface area contributed by atoms with Crippen LogP contribution in [0.4, 0.5) is 11.4 Å². The highest BCUT2D eigenvalue weighted by atomic mass is 32.1. The fourth-order valence-corrected chi connectivity index (χ4v) is 6.74. The van der Waals surface area contributed by atoms with Gasteiger partial charge in [0.05, 0.1) is 29.0 Å². The standard InChI is InChI=1S/C33H32N4O3S/c1-21-18-23(14-15-27(21)36-16-7-8-17-36)19-28-32(39)37-30(24-10-9-13-26(20-24)40-3)29(22(2)34-33(37)41-28)31(38)35-25-11-5-4-6-12-25/h4-6,9-15,18-20,30H,7-8,16-17H2,1-3H3,(H,35,38)/b28-19+/t30-/m0/s1. The average molecular weight is 565 g/mol. The van der Waals surface area contributed by atoms with E-state index in [1.54, 1.807) is 11.7 Å². The molecule has 2 aliphatic rings. The third-order valence-electron chi connectivity index (χ3n) is 7.67. The number of ether oxygens (including phenoxy) is 1. The first-order valence-electron chi connectivity index (χ1n) is 13.8. The molecule has 0 saturated carbocycles. The Morgan fingerprint density at radius 3 is 2.54 bits per heavy atom. The minimum atomic E-state index is -0.661. The monoisotopic (exact) mass is 564 g/mol. The maximum Gasteiger partial charge on any atom is 0.271 e. The highest BCUT2D eigenvalue weighted by Crippen LogP contribution is 2.32. The minimum absolute atomic E-state index is 0.180. The number of benzene rings is 3. The van der Waals surface area contributed by atoms with Crippen LogP contribution in [-0.2, 0) is 4.79 Å². The molecule has 3 aromatic carbocycles. The Morgan fingerprint density at radius 1 is 1.02 bits per heavy atom. The first kappa shape index (κ1) is 26.8. The Balaban J connectivity index is 1.46. The molecule has 1 atom stereocenters. The van der Waals surface area contributed by atoms with Crippen LogP contribution < -0.4 is 29.8 Å². The van der Waals surface area contributed by atoms with Gasteiger partial charge in [-0.05, 0) is 85.9 Å². The van der Waals surface area contributed by atoms with Crippen molar-refractivity contribution >= 4 is 34.7 Å². The lowest BCUT2D eigenvalue weighted by Gasteiger charge is -2.25. The third kappa shape index (κ3) is 5.23. The van der Waals surface area contributed by atoms with Gasteiger partial charge in [-0.15, -0.1) is 0 Å². The predicted octanol–water partition coefficient (Wildman–Crippen LogP) is 4.79. The zero-order valence-corrected chi connectivity index (χ0v) is 24.2. The Labute approximate surface area is 242 Å². The molecule has 4 aromatic rings. The summed E-state index contributed by atoms with van der Waals surface area (Å²) in [6.07, 6.45) is 4.37. The number of nitrogens with zero attached hydrogens (tertiary/aromatic N) is 3. The van der Waals surface area contributed by atoms with E-state index in [0.717, 1.165) is 24.2 Å². The van der Waals surface area contributed by atoms with Gasteiger partial charge in [-0.1, -0.05) is 47.7 Å². The highest BCUT2D eigenvalue weighted by Gasteiger charge is 2.32. The van der Waals surface area contributed by atoms with Crippen LogP contribution in [0.2, 0.25) is 0 Å². The number of amides is 1. The topological polar surface area (TPSA) is 75.9 Å². The maximum absolute atomic E-state index is 14.0. The minimum Gasteiger partial charge on any atom is -0.497 e. The Bertz CT molecular complexity index is 1830. The molecule has 7 nitrogen and oxygen atoms in total. The Kier molecular flexibility index (Phi) is 7.32. The van der Waals surface area contributed by atoms with E-state index in [-0.39, 0.29) is 11.5 Å². The molecule has 0 spiro atoms. The summed E-state index contributed by atoms with van der Waals surface area (Å²) in [5, 5.41) is 2.99. The number of methoxy groups -OCH3 is 1. The van der Waals surface area contributed by atoms with Gasteiger partial charge < -0.3 is 15.0 Å². The van der Waals surface area contributed by atoms with Crippen molar-refractivity contribution in [3.63, 3.8) is 0 Å². The predicted molar refractivity (Wildman–Crippen MR) is 164 cm³/mol. The number of aromatic nitrogens is 1. The number of aryl methyl sites for hydroxylation is 1. The van der Waals surface area contributed by atoms with Gasteiger partial charge >= 0.3 is 0 Å². The van der Waals surface area contributed by atoms with Crippen LogP contribution in [0.5, 0.6) is 5.75 Å². The van der Waals surface area contributed by atoms with Crippen LogP contribution in [0, 0.1) is 6.92 Å². The van der Waals surface area contributed by atoms with Crippen molar-refractivity contribution in [2.45, 2.75) is 32.7 Å². The van der Waals surface area contributed by atoms with Crippen molar-refractivity contribution in [3.05, 3.63) is 120 Å². The van der Waals surface area contributed by atoms with Crippen LogP contribution in [0.25, 0.3) is 6.08 Å². The average Bonchev–Trinajstić information content (AvgIpc) is 3.61. The van der Waals surface area contributed by atoms with Crippen molar-refractivity contribution in [1.29, 1.82) is 0 Å². The Hall–Kier alpha value is -4.43. The van der Waals surface area contributed by atoms with E-state index >= 15 is 0 Å². The van der Waals surface area contributed by atoms with E-state index in [1.807, 2.05) is 67.6 Å². The molecule has 6 rings (SSSR count). The van der Waals surface area contributed by atoms with Crippen LogP contribution in [-0.4, -0.2) is 30.7 Å². The number of nitrogens with one attached hydrogen (secondary N) is 1. The molecule has 1 amide bonds. The summed E-state index contributed by atoms with van der Waals surface area (Å²) in [4.78, 5) is 35.5. The lowest BCUT2D eigenvalue weighted by Crippen LogP contribution is -2.40. The fraction of sp³-hybridized carbons (Fsp3) is 0.242. The number of thiazole rings is 1. The molecule has 1 aromatic heterocycles. The number of para-hydroxylation sites is 1. The van der Waals surface area contributed by atoms with E-state index in [4.69, 9.17) is 9.73 Å². The molecule has 8 heteroatoms. The van der Waals surface area contributed by atoms with Crippen molar-refractivity contribution in [3.8, 4) is 5.75 Å². The Morgan fingerprint density at radius 2 is 1.80 bits per heavy atom. The molecular weight excluding hydrogens is 532 g/mol. The van der Waals surface area contributed by atoms with E-state index in [0.29, 0.717) is 32.0 Å². The molecule has 208 valence electrons. The van der Waals surface area contributed by atoms with Crippen LogP contribution >= 0.6 is 11.3 Å². The van der Waals surface area contributed by atoms with Gasteiger partial charge in [0.15, 0.2) is 4.80 Å². The second-order valence-electron chi connectivity index (χ2n) is 10.4. The molecule has 1 N–H and O–H groups in total. The number of rotatable bonds is 6. The molecule has 0 aliphatic carbocycles. The number of hydrogen-bond donors (Lipinski definition) is 1. The lowest BCUT2D eigenvalue weighted by molar-refractivity contribution is -0.113. The van der Waals surface area contributed by atoms with Crippen LogP contribution in [0.1, 0.15) is 42.5 Å². The van der Waals surface area contributed by atoms with E-state index in [2.05, 4.69) is 35.3 Å². The lowest BCUT2D eigenvalue weighted by atomic mass is 9.95. The number of carbonyl (C=O) groups is 1. The first-order chi connectivity index (χ1) is 19.9. The van der Waals surface area contributed by atoms with E-state index in [1.165, 1.54) is 35.4 Å². The zero-order chi connectivity index (χ0) is 28.5. The summed E-state index contributed by atoms with van der Waals surface area (Å²) in [6, 6.07) is 22.5. The van der Waals surface area contributed by atoms with Gasteiger partial charge in [0.25, 0.3) is 11.5 Å². The van der Waals surface area contributed by atoms with Crippen LogP contribution in [0.3, 0.4) is 0 Å². The smallest absolute Gasteiger partial charge is 0.271 e. The molecule has 0 bridgehead atoms. The summed E-state index contributed by atoms with van der Waals surface area (Å²) in [5.74, 6) is 0.350. The number of allylic oxidation sites excluding steroid dienone is 1. The molecule has 1 fully saturated rings. The largest absolute Gasteiger partial charge is 0.497 e. The van der Waals surface area contributed by atoms with E-state index < -0.39 is 6.04 Å². The van der Waals surface area contributed by atoms with Crippen molar-refractivity contribution in [1.82, 2.24) is 4.57 Å². The zero-order valence-electron chi connectivity index (χ0n) is 23.4. The molecule has 0 radical (unpaired) electrons. The second kappa shape index (κ2) is 11.2. The number of carbonyl (C=O) groups excluding carboxylic acids is 1. The van der Waals surface area contributed by atoms with Gasteiger partial charge in [0.2, 0.25) is 0 Å². The summed E-state index contributed by atoms with van der Waals surface area (Å²) in [7, 11) is 1.60. The highest BCUT2D eigenvalue weighted by molar-refractivity contribution is 7.07. The fourth-order valence-electron chi connectivity index (χ4n) is 5.69. The van der Waals surface area contributed by atoms with Crippen molar-refractivity contribution in [2.75, 3.05) is 30.4 Å². The normalized spacial score (nSPS) is 16.9. The van der Waals surface area contributed by atoms with Gasteiger partial charge in [-0.25, -0.2) is 4.99 Å². The third-order valence-corrected chi connectivity index (χ3v) is 8.66. The maximum atomic E-state index is 14.0. The van der Waals surface area contributed by atoms with Gasteiger partial charge in [0.1, 0.15) is 5.75 Å². The number of fused-ring (bicyclic) bond motifs is 1. The summed E-state index contributed by atoms with van der Waals surface area (Å²) >= 11 is 1.34. The number of anilines is 2. The summed E-state index contributed by atoms with van der Waals surface area (Å²) in [5.41, 5.74) is 5.67. The molecule has 3 heterocycles.